The Balaban J connectivity index is 0. The summed E-state index contributed by atoms with van der Waals surface area (Å²) in [4.78, 5) is 0. The van der Waals surface area contributed by atoms with Crippen LogP contribution in [-0.2, 0) is 20.2 Å². The van der Waals surface area contributed by atoms with E-state index in [-0.39, 0.29) is 12.4 Å². The largest absolute Gasteiger partial charge is 1.00 e. The van der Waals surface area contributed by atoms with Crippen LogP contribution in [0.5, 0.6) is 0 Å². The van der Waals surface area contributed by atoms with Crippen molar-refractivity contribution in [2.24, 2.45) is 5.92 Å². The Labute approximate surface area is 84.8 Å². The van der Waals surface area contributed by atoms with E-state index in [0.717, 1.165) is 12.5 Å². The molecule has 0 spiro atoms. The van der Waals surface area contributed by atoms with Crippen molar-refractivity contribution in [3.8, 4) is 0 Å². The minimum atomic E-state index is 0. The molecule has 70 valence electrons. The first-order chi connectivity index (χ1) is 4.85. The van der Waals surface area contributed by atoms with Crippen LogP contribution in [0.2, 0.25) is 0 Å². The molecule has 0 aromatic rings. The molecule has 1 nitrogen and oxygen atoms in total. The van der Waals surface area contributed by atoms with Crippen molar-refractivity contribution in [2.75, 3.05) is 6.61 Å². The van der Waals surface area contributed by atoms with Gasteiger partial charge in [0.05, 0.1) is 0 Å². The molecule has 0 aliphatic rings. The van der Waals surface area contributed by atoms with Crippen LogP contribution in [-0.4, -0.2) is 6.61 Å². The molecule has 0 heterocycles. The summed E-state index contributed by atoms with van der Waals surface area (Å²) >= 11 is 3.38. The Morgan fingerprint density at radius 3 is 2.36 bits per heavy atom. The molecule has 1 unspecified atom stereocenters. The van der Waals surface area contributed by atoms with Gasteiger partial charge in [0, 0.05) is 0 Å². The van der Waals surface area contributed by atoms with Crippen molar-refractivity contribution in [2.45, 2.75) is 39.5 Å². The predicted molar refractivity (Wildman–Crippen MR) is 39.3 cm³/mol. The van der Waals surface area contributed by atoms with Crippen LogP contribution in [0.4, 0.5) is 0 Å². The number of unbranched alkanes of at least 4 members (excludes halogenated alkanes) is 1. The second kappa shape index (κ2) is 10.8. The van der Waals surface area contributed by atoms with E-state index >= 15 is 0 Å². The van der Waals surface area contributed by atoms with Crippen LogP contribution in [0.3, 0.4) is 0 Å². The van der Waals surface area contributed by atoms with Crippen molar-refractivity contribution < 1.29 is 32.6 Å². The van der Waals surface area contributed by atoms with Gasteiger partial charge in [-0.2, -0.15) is 0 Å². The molecule has 11 heavy (non-hydrogen) atoms. The van der Waals surface area contributed by atoms with Gasteiger partial charge >= 0.3 is 72.2 Å². The van der Waals surface area contributed by atoms with Crippen LogP contribution >= 0.6 is 0 Å². The third-order valence-corrected chi connectivity index (χ3v) is 2.02. The maximum absolute atomic E-state index is 4.84. The molecule has 0 aromatic heterocycles. The van der Waals surface area contributed by atoms with Crippen molar-refractivity contribution in [3.05, 3.63) is 0 Å². The second-order valence-corrected chi connectivity index (χ2v) is 3.00. The molecule has 0 bridgehead atoms. The monoisotopic (exact) mass is 220 g/mol. The van der Waals surface area contributed by atoms with Gasteiger partial charge in [0.15, 0.2) is 0 Å². The molecule has 0 fully saturated rings. The quantitative estimate of drug-likeness (QED) is 0.558. The summed E-state index contributed by atoms with van der Waals surface area (Å²) in [5.41, 5.74) is 0. The summed E-state index contributed by atoms with van der Waals surface area (Å²) in [7, 11) is 0. The van der Waals surface area contributed by atoms with E-state index in [1.807, 2.05) is 0 Å². The van der Waals surface area contributed by atoms with Crippen LogP contribution < -0.4 is 12.4 Å². The van der Waals surface area contributed by atoms with Gasteiger partial charge in [0.25, 0.3) is 0 Å². The average Bonchev–Trinajstić information content (AvgIpc) is 1.98. The van der Waals surface area contributed by atoms with Crippen molar-refractivity contribution in [1.29, 1.82) is 0 Å². The molecule has 0 rings (SSSR count). The predicted octanol–water partition coefficient (Wildman–Crippen LogP) is -0.315. The molecular weight excluding hydrogens is 203 g/mol. The number of rotatable bonds is 6. The van der Waals surface area contributed by atoms with Gasteiger partial charge in [-0.15, -0.1) is 0 Å². The average molecular weight is 221 g/mol. The van der Waals surface area contributed by atoms with E-state index in [9.17, 15) is 0 Å². The third kappa shape index (κ3) is 8.68. The molecule has 3 heteroatoms. The fraction of sp³-hybridized carbons (Fsp3) is 1.00. The van der Waals surface area contributed by atoms with Crippen LogP contribution in [0.1, 0.15) is 39.5 Å². The Morgan fingerprint density at radius 1 is 1.36 bits per heavy atom. The van der Waals surface area contributed by atoms with Gasteiger partial charge in [0.1, 0.15) is 0 Å². The minimum Gasteiger partial charge on any atom is -1.00 e. The molecular formula is C8H17ClFeO. The Morgan fingerprint density at radius 2 is 2.00 bits per heavy atom. The first-order valence-corrected chi connectivity index (χ1v) is 4.52. The summed E-state index contributed by atoms with van der Waals surface area (Å²) in [6.45, 7) is 5.26. The zero-order valence-corrected chi connectivity index (χ0v) is 9.11. The SMILES string of the molecule is CCCCC(CC)C[O][Fe+].[Cl-]. The van der Waals surface area contributed by atoms with Crippen LogP contribution in [0, 0.1) is 5.92 Å². The maximum Gasteiger partial charge on any atom is -1.00 e. The summed E-state index contributed by atoms with van der Waals surface area (Å²) in [5.74, 6) is 0.734. The molecule has 0 aliphatic heterocycles. The first-order valence-electron chi connectivity index (χ1n) is 4.07. The zero-order chi connectivity index (χ0) is 7.82. The van der Waals surface area contributed by atoms with E-state index in [0.29, 0.717) is 0 Å². The fourth-order valence-corrected chi connectivity index (χ4v) is 1.24. The van der Waals surface area contributed by atoms with E-state index in [2.05, 4.69) is 30.2 Å². The van der Waals surface area contributed by atoms with Gasteiger partial charge in [0.2, 0.25) is 0 Å². The van der Waals surface area contributed by atoms with Crippen LogP contribution in [0.15, 0.2) is 0 Å². The Hall–Kier alpha value is 0.769. The molecule has 0 amide bonds. The van der Waals surface area contributed by atoms with Gasteiger partial charge in [-0.1, -0.05) is 0 Å². The van der Waals surface area contributed by atoms with Gasteiger partial charge in [-0.25, -0.2) is 0 Å². The molecule has 0 aromatic carbocycles. The van der Waals surface area contributed by atoms with Crippen LogP contribution in [0.25, 0.3) is 0 Å². The second-order valence-electron chi connectivity index (χ2n) is 2.69. The molecule has 0 radical (unpaired) electrons. The molecule has 0 saturated carbocycles. The standard InChI is InChI=1S/C8H17O.ClH.Fe/c1-3-5-6-8(4-2)7-9;;/h8H,3-7H2,1-2H3;1H;/q-1;;+2/p-1. The Bertz CT molecular complexity index is 71.1. The van der Waals surface area contributed by atoms with Gasteiger partial charge in [-0.05, 0) is 0 Å². The molecule has 1 atom stereocenters. The van der Waals surface area contributed by atoms with E-state index in [4.69, 9.17) is 3.82 Å². The van der Waals surface area contributed by atoms with E-state index in [1.165, 1.54) is 25.7 Å². The van der Waals surface area contributed by atoms with E-state index < -0.39 is 0 Å². The molecule has 0 aliphatic carbocycles. The maximum atomic E-state index is 4.84. The summed E-state index contributed by atoms with van der Waals surface area (Å²) < 4.78 is 4.84. The minimum absolute atomic E-state index is 0. The topological polar surface area (TPSA) is 9.23 Å². The number of hydrogen-bond acceptors (Lipinski definition) is 1. The summed E-state index contributed by atoms with van der Waals surface area (Å²) in [6.07, 6.45) is 5.12. The molecule has 0 N–H and O–H groups in total. The first kappa shape index (κ1) is 14.3. The van der Waals surface area contributed by atoms with E-state index in [1.54, 1.807) is 0 Å². The zero-order valence-electron chi connectivity index (χ0n) is 7.25. The van der Waals surface area contributed by atoms with Crippen molar-refractivity contribution in [3.63, 3.8) is 0 Å². The molecule has 0 saturated heterocycles. The number of hydrogen-bond donors (Lipinski definition) is 0. The smallest absolute Gasteiger partial charge is 1.00 e. The fourth-order valence-electron chi connectivity index (χ4n) is 0.981. The summed E-state index contributed by atoms with van der Waals surface area (Å²) in [6, 6.07) is 0. The summed E-state index contributed by atoms with van der Waals surface area (Å²) in [5, 5.41) is 0. The normalized spacial score (nSPS) is 12.3. The number of halogens is 1. The Kier molecular flexibility index (Phi) is 14.0. The third-order valence-electron chi connectivity index (χ3n) is 1.84. The van der Waals surface area contributed by atoms with Gasteiger partial charge < -0.3 is 12.4 Å². The van der Waals surface area contributed by atoms with Crippen molar-refractivity contribution in [1.82, 2.24) is 0 Å². The van der Waals surface area contributed by atoms with Gasteiger partial charge in [-0.3, -0.25) is 0 Å². The van der Waals surface area contributed by atoms with Crippen molar-refractivity contribution >= 4 is 0 Å².